The van der Waals surface area contributed by atoms with Crippen molar-refractivity contribution in [2.45, 2.75) is 62.4 Å². The zero-order valence-electron chi connectivity index (χ0n) is 19.8. The number of ether oxygens (including phenoxy) is 2. The molecule has 4 heterocycles. The summed E-state index contributed by atoms with van der Waals surface area (Å²) in [6, 6.07) is 1.47. The number of aromatic nitrogens is 4. The predicted octanol–water partition coefficient (Wildman–Crippen LogP) is 3.45. The Bertz CT molecular complexity index is 1390. The molecule has 0 radical (unpaired) electrons. The Morgan fingerprint density at radius 3 is 2.68 bits per heavy atom. The maximum absolute atomic E-state index is 13.3. The summed E-state index contributed by atoms with van der Waals surface area (Å²) >= 11 is 0.679. The van der Waals surface area contributed by atoms with Crippen molar-refractivity contribution in [2.24, 2.45) is 0 Å². The Labute approximate surface area is 213 Å². The lowest BCUT2D eigenvalue weighted by Gasteiger charge is -2.38. The topological polar surface area (TPSA) is 111 Å². The normalized spacial score (nSPS) is 21.9. The second kappa shape index (κ2) is 9.72. The third-order valence-electron chi connectivity index (χ3n) is 6.17. The molecule has 3 aromatic heterocycles. The van der Waals surface area contributed by atoms with Crippen molar-refractivity contribution in [3.05, 3.63) is 23.5 Å². The van der Waals surface area contributed by atoms with Crippen LogP contribution in [0.25, 0.3) is 16.3 Å². The first-order valence-corrected chi connectivity index (χ1v) is 13.7. The van der Waals surface area contributed by atoms with Crippen LogP contribution in [0.3, 0.4) is 0 Å². The van der Waals surface area contributed by atoms with Crippen LogP contribution in [0.15, 0.2) is 23.4 Å². The second-order valence-electron chi connectivity index (χ2n) is 9.38. The number of alkyl halides is 4. The van der Waals surface area contributed by atoms with Crippen molar-refractivity contribution in [3.63, 3.8) is 0 Å². The fraction of sp³-hybridized carbons (Fsp3) is 0.571. The van der Waals surface area contributed by atoms with E-state index in [0.717, 1.165) is 0 Å². The SMILES string of the molecule is C[C@H]1CN(c2cc(S(=O)(=O)NC3(C)CC3)cn3c(-c4nnc(C(F)F)s4)cnc23)C[C@H](COC(F)F)O1. The summed E-state index contributed by atoms with van der Waals surface area (Å²) < 4.78 is 92.5. The van der Waals surface area contributed by atoms with E-state index >= 15 is 0 Å². The van der Waals surface area contributed by atoms with E-state index in [1.165, 1.54) is 22.9 Å². The summed E-state index contributed by atoms with van der Waals surface area (Å²) in [5.41, 5.74) is 0.491. The van der Waals surface area contributed by atoms with Gasteiger partial charge in [0.05, 0.1) is 30.7 Å². The third kappa shape index (κ3) is 5.57. The molecule has 37 heavy (non-hydrogen) atoms. The van der Waals surface area contributed by atoms with E-state index in [-0.39, 0.29) is 34.9 Å². The Morgan fingerprint density at radius 1 is 1.27 bits per heavy atom. The molecule has 2 aliphatic rings. The van der Waals surface area contributed by atoms with Gasteiger partial charge in [0.2, 0.25) is 10.0 Å². The molecule has 0 aromatic carbocycles. The zero-order valence-corrected chi connectivity index (χ0v) is 21.4. The molecule has 10 nitrogen and oxygen atoms in total. The number of rotatable bonds is 9. The molecule has 1 saturated carbocycles. The standard InChI is InChI=1S/C21H24F4N6O4S2/c1-11-7-30(8-12(35-11)10-34-20(24)25)14-5-13(37(32,33)29-21(2)3-4-21)9-31-15(6-26-17(14)31)18-27-28-19(36-18)16(22)23/h5-6,9,11-12,16,20,29H,3-4,7-8,10H2,1-2H3/t11-,12+/m0/s1. The number of halogens is 4. The van der Waals surface area contributed by atoms with Crippen LogP contribution in [0.2, 0.25) is 0 Å². The first-order chi connectivity index (χ1) is 17.4. The maximum atomic E-state index is 13.3. The molecule has 0 unspecified atom stereocenters. The Hall–Kier alpha value is -2.40. The first-order valence-electron chi connectivity index (χ1n) is 11.4. The van der Waals surface area contributed by atoms with Crippen molar-refractivity contribution < 1.29 is 35.5 Å². The molecule has 202 valence electrons. The van der Waals surface area contributed by atoms with Crippen LogP contribution in [-0.2, 0) is 19.5 Å². The third-order valence-corrected chi connectivity index (χ3v) is 8.73. The van der Waals surface area contributed by atoms with Crippen LogP contribution >= 0.6 is 11.3 Å². The smallest absolute Gasteiger partial charge is 0.345 e. The van der Waals surface area contributed by atoms with Gasteiger partial charge in [-0.15, -0.1) is 10.2 Å². The average molecular weight is 565 g/mol. The highest BCUT2D eigenvalue weighted by molar-refractivity contribution is 7.89. The maximum Gasteiger partial charge on any atom is 0.345 e. The number of sulfonamides is 1. The number of fused-ring (bicyclic) bond motifs is 1. The minimum Gasteiger partial charge on any atom is -0.369 e. The van der Waals surface area contributed by atoms with Crippen molar-refractivity contribution in [1.82, 2.24) is 24.3 Å². The summed E-state index contributed by atoms with van der Waals surface area (Å²) in [5.74, 6) is 0. The molecule has 0 bridgehead atoms. The second-order valence-corrected chi connectivity index (χ2v) is 12.1. The highest BCUT2D eigenvalue weighted by atomic mass is 32.2. The van der Waals surface area contributed by atoms with Gasteiger partial charge in [-0.05, 0) is 32.8 Å². The predicted molar refractivity (Wildman–Crippen MR) is 126 cm³/mol. The van der Waals surface area contributed by atoms with Gasteiger partial charge in [-0.1, -0.05) is 11.3 Å². The molecule has 1 aliphatic carbocycles. The minimum atomic E-state index is -3.97. The van der Waals surface area contributed by atoms with Crippen LogP contribution in [-0.4, -0.2) is 72.1 Å². The summed E-state index contributed by atoms with van der Waals surface area (Å²) in [6.07, 6.45) is 0.282. The minimum absolute atomic E-state index is 0.0690. The number of imidazole rings is 1. The van der Waals surface area contributed by atoms with Gasteiger partial charge in [0.25, 0.3) is 6.43 Å². The lowest BCUT2D eigenvalue weighted by Crippen LogP contribution is -2.48. The summed E-state index contributed by atoms with van der Waals surface area (Å²) in [5, 5.41) is 7.03. The molecule has 0 amide bonds. The number of hydrogen-bond acceptors (Lipinski definition) is 9. The Morgan fingerprint density at radius 2 is 2.03 bits per heavy atom. The number of nitrogens with zero attached hydrogens (tertiary/aromatic N) is 5. The van der Waals surface area contributed by atoms with Gasteiger partial charge in [-0.3, -0.25) is 4.40 Å². The Balaban J connectivity index is 1.60. The van der Waals surface area contributed by atoms with E-state index < -0.39 is 39.7 Å². The zero-order chi connectivity index (χ0) is 26.5. The molecule has 2 atom stereocenters. The molecular weight excluding hydrogens is 540 g/mol. The van der Waals surface area contributed by atoms with Crippen LogP contribution in [0.4, 0.5) is 23.2 Å². The molecule has 3 aromatic rings. The molecule has 16 heteroatoms. The van der Waals surface area contributed by atoms with E-state index in [9.17, 15) is 26.0 Å². The molecule has 0 spiro atoms. The highest BCUT2D eigenvalue weighted by Gasteiger charge is 2.41. The molecule has 1 saturated heterocycles. The Kier molecular flexibility index (Phi) is 6.89. The van der Waals surface area contributed by atoms with Crippen LogP contribution in [0.5, 0.6) is 0 Å². The van der Waals surface area contributed by atoms with E-state index in [1.54, 1.807) is 18.7 Å². The molecule has 2 fully saturated rings. The molecule has 1 aliphatic heterocycles. The lowest BCUT2D eigenvalue weighted by atomic mass is 10.2. The van der Waals surface area contributed by atoms with Gasteiger partial charge in [-0.25, -0.2) is 26.9 Å². The van der Waals surface area contributed by atoms with Gasteiger partial charge in [-0.2, -0.15) is 8.78 Å². The number of morpholine rings is 1. The van der Waals surface area contributed by atoms with Gasteiger partial charge in [0, 0.05) is 24.8 Å². The van der Waals surface area contributed by atoms with Crippen molar-refractivity contribution >= 4 is 32.7 Å². The van der Waals surface area contributed by atoms with Crippen LogP contribution < -0.4 is 9.62 Å². The van der Waals surface area contributed by atoms with E-state index in [4.69, 9.17) is 4.74 Å². The number of anilines is 1. The summed E-state index contributed by atoms with van der Waals surface area (Å²) in [6.45, 7) is 0.720. The lowest BCUT2D eigenvalue weighted by molar-refractivity contribution is -0.162. The van der Waals surface area contributed by atoms with Crippen LogP contribution in [0.1, 0.15) is 38.1 Å². The van der Waals surface area contributed by atoms with Gasteiger partial charge >= 0.3 is 6.61 Å². The van der Waals surface area contributed by atoms with Gasteiger partial charge < -0.3 is 14.4 Å². The highest BCUT2D eigenvalue weighted by Crippen LogP contribution is 2.38. The van der Waals surface area contributed by atoms with Crippen molar-refractivity contribution in [2.75, 3.05) is 24.6 Å². The van der Waals surface area contributed by atoms with Gasteiger partial charge in [0.15, 0.2) is 15.7 Å². The average Bonchev–Trinajstić information content (AvgIpc) is 3.21. The molecule has 1 N–H and O–H groups in total. The van der Waals surface area contributed by atoms with Crippen molar-refractivity contribution in [3.8, 4) is 10.7 Å². The monoisotopic (exact) mass is 564 g/mol. The first kappa shape index (κ1) is 26.2. The van der Waals surface area contributed by atoms with E-state index in [0.29, 0.717) is 42.1 Å². The quantitative estimate of drug-likeness (QED) is 0.394. The summed E-state index contributed by atoms with van der Waals surface area (Å²) in [4.78, 5) is 6.15. The molecule has 5 rings (SSSR count). The number of hydrogen-bond donors (Lipinski definition) is 1. The van der Waals surface area contributed by atoms with Crippen LogP contribution in [0, 0.1) is 0 Å². The molecular formula is C21H24F4N6O4S2. The fourth-order valence-corrected chi connectivity index (χ4v) is 6.38. The van der Waals surface area contributed by atoms with Crippen molar-refractivity contribution in [1.29, 1.82) is 0 Å². The largest absolute Gasteiger partial charge is 0.369 e. The summed E-state index contributed by atoms with van der Waals surface area (Å²) in [7, 11) is -3.97. The van der Waals surface area contributed by atoms with E-state index in [2.05, 4.69) is 24.6 Å². The fourth-order valence-electron chi connectivity index (χ4n) is 4.20. The van der Waals surface area contributed by atoms with E-state index in [1.807, 2.05) is 0 Å². The number of nitrogens with one attached hydrogen (secondary N) is 1. The number of pyridine rings is 1. The van der Waals surface area contributed by atoms with Gasteiger partial charge in [0.1, 0.15) is 10.6 Å².